The lowest BCUT2D eigenvalue weighted by Gasteiger charge is -2.12. The fourth-order valence-electron chi connectivity index (χ4n) is 3.67. The molecule has 2 aromatic heterocycles. The molecule has 2 N–H and O–H groups in total. The van der Waals surface area contributed by atoms with E-state index in [-0.39, 0.29) is 41.1 Å². The number of carbonyl (C=O) groups excluding carboxylic acids is 4. The Balaban J connectivity index is 1.70. The number of anilines is 1. The maximum atomic E-state index is 13.1. The first-order valence-electron chi connectivity index (χ1n) is 12.9. The van der Waals surface area contributed by atoms with Gasteiger partial charge in [0.05, 0.1) is 44.8 Å². The number of carbonyl (C=O) groups is 4. The van der Waals surface area contributed by atoms with Crippen LogP contribution >= 0.6 is 23.1 Å². The highest BCUT2D eigenvalue weighted by atomic mass is 32.2. The van der Waals surface area contributed by atoms with Crippen molar-refractivity contribution in [2.45, 2.75) is 44.6 Å². The Morgan fingerprint density at radius 3 is 2.21 bits per heavy atom. The molecule has 0 aliphatic rings. The molecular weight excluding hydrogens is 586 g/mol. The highest BCUT2D eigenvalue weighted by Crippen LogP contribution is 2.35. The average molecular weight is 620 g/mol. The van der Waals surface area contributed by atoms with Crippen molar-refractivity contribution in [3.63, 3.8) is 0 Å². The standard InChI is InChI=1S/C27H33N5O8S2/c1-8-39-25(35)20-14(3)21(26(36)40-9-2)42-24(20)29-22(33)15(4)41-27-31-30-19(32(27)5)13-28-23(34)16-10-17(37-6)12-18(11-16)38-7/h10-12,15H,8-9,13H2,1-7H3,(H,28,34)(H,29,33). The van der Waals surface area contributed by atoms with E-state index in [9.17, 15) is 19.2 Å². The number of aromatic nitrogens is 3. The van der Waals surface area contributed by atoms with E-state index in [0.29, 0.717) is 33.6 Å². The molecule has 2 amide bonds. The van der Waals surface area contributed by atoms with Gasteiger partial charge in [0, 0.05) is 18.7 Å². The molecule has 226 valence electrons. The number of thiophene rings is 1. The zero-order valence-corrected chi connectivity index (χ0v) is 26.0. The number of methoxy groups -OCH3 is 2. The highest BCUT2D eigenvalue weighted by Gasteiger charge is 2.29. The predicted molar refractivity (Wildman–Crippen MR) is 157 cm³/mol. The molecule has 0 bridgehead atoms. The lowest BCUT2D eigenvalue weighted by molar-refractivity contribution is -0.115. The number of rotatable bonds is 13. The smallest absolute Gasteiger partial charge is 0.348 e. The molecule has 0 fully saturated rings. The second-order valence-corrected chi connectivity index (χ2v) is 11.0. The summed E-state index contributed by atoms with van der Waals surface area (Å²) >= 11 is 2.09. The normalized spacial score (nSPS) is 11.4. The van der Waals surface area contributed by atoms with Crippen molar-refractivity contribution in [1.29, 1.82) is 0 Å². The maximum Gasteiger partial charge on any atom is 0.348 e. The van der Waals surface area contributed by atoms with Crippen LogP contribution in [0.1, 0.15) is 62.5 Å². The number of thioether (sulfide) groups is 1. The molecule has 0 aliphatic carbocycles. The zero-order valence-electron chi connectivity index (χ0n) is 24.4. The second-order valence-electron chi connectivity index (χ2n) is 8.69. The molecule has 0 aliphatic heterocycles. The quantitative estimate of drug-likeness (QED) is 0.213. The topological polar surface area (TPSA) is 160 Å². The minimum atomic E-state index is -0.664. The van der Waals surface area contributed by atoms with Crippen LogP contribution in [-0.4, -0.2) is 71.2 Å². The van der Waals surface area contributed by atoms with E-state index >= 15 is 0 Å². The number of nitrogens with zero attached hydrogens (tertiary/aromatic N) is 3. The Labute approximate surface area is 251 Å². The van der Waals surface area contributed by atoms with Gasteiger partial charge >= 0.3 is 11.9 Å². The molecule has 1 unspecified atom stereocenters. The Hall–Kier alpha value is -4.11. The molecule has 0 saturated carbocycles. The van der Waals surface area contributed by atoms with Crippen LogP contribution in [0.15, 0.2) is 23.4 Å². The van der Waals surface area contributed by atoms with Crippen LogP contribution in [0.2, 0.25) is 0 Å². The number of hydrogen-bond donors (Lipinski definition) is 2. The lowest BCUT2D eigenvalue weighted by atomic mass is 10.1. The van der Waals surface area contributed by atoms with Gasteiger partial charge in [-0.3, -0.25) is 9.59 Å². The van der Waals surface area contributed by atoms with Gasteiger partial charge in [-0.2, -0.15) is 0 Å². The van der Waals surface area contributed by atoms with Crippen molar-refractivity contribution in [3.05, 3.63) is 45.6 Å². The van der Waals surface area contributed by atoms with Crippen LogP contribution in [0.3, 0.4) is 0 Å². The van der Waals surface area contributed by atoms with E-state index in [2.05, 4.69) is 20.8 Å². The number of benzene rings is 1. The van der Waals surface area contributed by atoms with Crippen LogP contribution in [0.4, 0.5) is 5.00 Å². The van der Waals surface area contributed by atoms with Gasteiger partial charge in [0.25, 0.3) is 5.91 Å². The van der Waals surface area contributed by atoms with Crippen molar-refractivity contribution in [1.82, 2.24) is 20.1 Å². The Morgan fingerprint density at radius 2 is 1.62 bits per heavy atom. The average Bonchev–Trinajstić information content (AvgIpc) is 3.49. The van der Waals surface area contributed by atoms with E-state index < -0.39 is 23.1 Å². The number of esters is 2. The minimum Gasteiger partial charge on any atom is -0.497 e. The molecule has 1 atom stereocenters. The van der Waals surface area contributed by atoms with Gasteiger partial charge in [-0.05, 0) is 45.4 Å². The summed E-state index contributed by atoms with van der Waals surface area (Å²) in [6, 6.07) is 4.85. The lowest BCUT2D eigenvalue weighted by Crippen LogP contribution is -2.25. The number of ether oxygens (including phenoxy) is 4. The maximum absolute atomic E-state index is 13.1. The summed E-state index contributed by atoms with van der Waals surface area (Å²) in [6.45, 7) is 7.00. The molecule has 1 aromatic carbocycles. The van der Waals surface area contributed by atoms with Gasteiger partial charge in [-0.1, -0.05) is 11.8 Å². The van der Waals surface area contributed by atoms with E-state index in [4.69, 9.17) is 18.9 Å². The molecule has 15 heteroatoms. The molecule has 42 heavy (non-hydrogen) atoms. The summed E-state index contributed by atoms with van der Waals surface area (Å²) < 4.78 is 22.3. The van der Waals surface area contributed by atoms with E-state index in [0.717, 1.165) is 23.1 Å². The van der Waals surface area contributed by atoms with E-state index in [1.807, 2.05) is 0 Å². The monoisotopic (exact) mass is 619 g/mol. The highest BCUT2D eigenvalue weighted by molar-refractivity contribution is 8.00. The number of hydrogen-bond acceptors (Lipinski definition) is 12. The number of nitrogens with one attached hydrogen (secondary N) is 2. The third-order valence-electron chi connectivity index (χ3n) is 5.92. The van der Waals surface area contributed by atoms with Crippen molar-refractivity contribution < 1.29 is 38.1 Å². The third-order valence-corrected chi connectivity index (χ3v) is 8.24. The van der Waals surface area contributed by atoms with Gasteiger partial charge in [-0.15, -0.1) is 21.5 Å². The van der Waals surface area contributed by atoms with Crippen molar-refractivity contribution in [3.8, 4) is 11.5 Å². The summed E-state index contributed by atoms with van der Waals surface area (Å²) in [5, 5.41) is 13.8. The van der Waals surface area contributed by atoms with Crippen LogP contribution in [0.5, 0.6) is 11.5 Å². The van der Waals surface area contributed by atoms with Crippen LogP contribution < -0.4 is 20.1 Å². The summed E-state index contributed by atoms with van der Waals surface area (Å²) in [5.41, 5.74) is 0.839. The Kier molecular flexibility index (Phi) is 11.3. The fourth-order valence-corrected chi connectivity index (χ4v) is 5.59. The van der Waals surface area contributed by atoms with Gasteiger partial charge in [-0.25, -0.2) is 9.59 Å². The van der Waals surface area contributed by atoms with Crippen molar-refractivity contribution >= 4 is 51.9 Å². The van der Waals surface area contributed by atoms with Crippen molar-refractivity contribution in [2.24, 2.45) is 7.05 Å². The Morgan fingerprint density at radius 1 is 1.00 bits per heavy atom. The molecule has 2 heterocycles. The molecular formula is C27H33N5O8S2. The van der Waals surface area contributed by atoms with Gasteiger partial charge < -0.3 is 34.1 Å². The largest absolute Gasteiger partial charge is 0.497 e. The molecule has 13 nitrogen and oxygen atoms in total. The third kappa shape index (κ3) is 7.59. The van der Waals surface area contributed by atoms with Crippen molar-refractivity contribution in [2.75, 3.05) is 32.8 Å². The van der Waals surface area contributed by atoms with Crippen LogP contribution in [-0.2, 0) is 27.9 Å². The number of amides is 2. The SMILES string of the molecule is CCOC(=O)c1sc(NC(=O)C(C)Sc2nnc(CNC(=O)c3cc(OC)cc(OC)c3)n2C)c(C(=O)OCC)c1C. The van der Waals surface area contributed by atoms with Gasteiger partial charge in [0.1, 0.15) is 21.4 Å². The molecule has 0 spiro atoms. The molecule has 3 aromatic rings. The zero-order chi connectivity index (χ0) is 31.0. The van der Waals surface area contributed by atoms with E-state index in [1.54, 1.807) is 57.5 Å². The molecule has 0 radical (unpaired) electrons. The second kappa shape index (κ2) is 14.7. The first-order chi connectivity index (χ1) is 20.0. The predicted octanol–water partition coefficient (Wildman–Crippen LogP) is 3.60. The van der Waals surface area contributed by atoms with Gasteiger partial charge in [0.15, 0.2) is 11.0 Å². The summed E-state index contributed by atoms with van der Waals surface area (Å²) in [6.07, 6.45) is 0. The summed E-state index contributed by atoms with van der Waals surface area (Å²) in [4.78, 5) is 51.1. The van der Waals surface area contributed by atoms with Crippen LogP contribution in [0.25, 0.3) is 0 Å². The minimum absolute atomic E-state index is 0.0804. The molecule has 3 rings (SSSR count). The van der Waals surface area contributed by atoms with E-state index in [1.165, 1.54) is 14.2 Å². The fraction of sp³-hybridized carbons (Fsp3) is 0.407. The first kappa shape index (κ1) is 32.4. The summed E-state index contributed by atoms with van der Waals surface area (Å²) in [5.74, 6) is -0.593. The van der Waals surface area contributed by atoms with Gasteiger partial charge in [0.2, 0.25) is 5.91 Å². The first-order valence-corrected chi connectivity index (χ1v) is 14.6. The van der Waals surface area contributed by atoms with Crippen LogP contribution in [0, 0.1) is 6.92 Å². The Bertz CT molecular complexity index is 1450. The summed E-state index contributed by atoms with van der Waals surface area (Å²) in [7, 11) is 4.71. The molecule has 0 saturated heterocycles.